The van der Waals surface area contributed by atoms with Crippen LogP contribution in [0.3, 0.4) is 0 Å². The minimum Gasteiger partial charge on any atom is -0.392 e. The second kappa shape index (κ2) is 6.33. The Kier molecular flexibility index (Phi) is 5.38. The molecule has 1 aromatic rings. The Labute approximate surface area is 106 Å². The first-order chi connectivity index (χ1) is 7.60. The van der Waals surface area contributed by atoms with E-state index in [2.05, 4.69) is 23.1 Å². The summed E-state index contributed by atoms with van der Waals surface area (Å²) in [5.41, 5.74) is 0.736. The number of anilines is 1. The molecule has 0 spiro atoms. The summed E-state index contributed by atoms with van der Waals surface area (Å²) in [4.78, 5) is 6.33. The van der Waals surface area contributed by atoms with Crippen LogP contribution < -0.4 is 4.90 Å². The standard InChI is InChI=1S/C11H17ClN2OS/c1-8(7-16-3)14(2)11-10(12)4-9(6-15)5-13-11/h4-5,8,15H,6-7H2,1-3H3. The number of aromatic nitrogens is 1. The zero-order valence-corrected chi connectivity index (χ0v) is 11.3. The fourth-order valence-electron chi connectivity index (χ4n) is 1.38. The van der Waals surface area contributed by atoms with E-state index in [0.29, 0.717) is 11.1 Å². The van der Waals surface area contributed by atoms with Gasteiger partial charge in [-0.3, -0.25) is 0 Å². The third-order valence-electron chi connectivity index (χ3n) is 2.46. The number of halogens is 1. The first-order valence-electron chi connectivity index (χ1n) is 5.07. The fraction of sp³-hybridized carbons (Fsp3) is 0.545. The molecule has 0 saturated carbocycles. The highest BCUT2D eigenvalue weighted by Crippen LogP contribution is 2.25. The van der Waals surface area contributed by atoms with Crippen LogP contribution in [0.5, 0.6) is 0 Å². The number of rotatable bonds is 5. The second-order valence-electron chi connectivity index (χ2n) is 3.72. The van der Waals surface area contributed by atoms with E-state index in [1.54, 1.807) is 24.0 Å². The highest BCUT2D eigenvalue weighted by atomic mass is 35.5. The van der Waals surface area contributed by atoms with Gasteiger partial charge in [-0.05, 0) is 24.8 Å². The van der Waals surface area contributed by atoms with Crippen molar-refractivity contribution in [3.8, 4) is 0 Å². The van der Waals surface area contributed by atoms with Gasteiger partial charge in [0.15, 0.2) is 0 Å². The lowest BCUT2D eigenvalue weighted by Crippen LogP contribution is -2.31. The van der Waals surface area contributed by atoms with Gasteiger partial charge in [-0.25, -0.2) is 4.98 Å². The van der Waals surface area contributed by atoms with Gasteiger partial charge in [-0.1, -0.05) is 11.6 Å². The van der Waals surface area contributed by atoms with E-state index >= 15 is 0 Å². The predicted octanol–water partition coefficient (Wildman–Crippen LogP) is 2.42. The van der Waals surface area contributed by atoms with E-state index in [1.807, 2.05) is 7.05 Å². The smallest absolute Gasteiger partial charge is 0.147 e. The average Bonchev–Trinajstić information content (AvgIpc) is 2.28. The molecule has 16 heavy (non-hydrogen) atoms. The molecule has 0 aliphatic heterocycles. The molecule has 90 valence electrons. The summed E-state index contributed by atoms with van der Waals surface area (Å²) < 4.78 is 0. The maximum Gasteiger partial charge on any atom is 0.147 e. The molecule has 0 amide bonds. The lowest BCUT2D eigenvalue weighted by Gasteiger charge is -2.26. The number of hydrogen-bond acceptors (Lipinski definition) is 4. The molecule has 0 fully saturated rings. The van der Waals surface area contributed by atoms with Crippen molar-refractivity contribution in [3.63, 3.8) is 0 Å². The average molecular weight is 261 g/mol. The quantitative estimate of drug-likeness (QED) is 0.882. The summed E-state index contributed by atoms with van der Waals surface area (Å²) in [6, 6.07) is 2.13. The first kappa shape index (κ1) is 13.6. The molecule has 0 saturated heterocycles. The van der Waals surface area contributed by atoms with Crippen LogP contribution in [0, 0.1) is 0 Å². The van der Waals surface area contributed by atoms with Crippen molar-refractivity contribution < 1.29 is 5.11 Å². The number of pyridine rings is 1. The molecular formula is C11H17ClN2OS. The molecular weight excluding hydrogens is 244 g/mol. The van der Waals surface area contributed by atoms with Gasteiger partial charge >= 0.3 is 0 Å². The van der Waals surface area contributed by atoms with E-state index in [0.717, 1.165) is 17.1 Å². The molecule has 5 heteroatoms. The third-order valence-corrected chi connectivity index (χ3v) is 3.56. The summed E-state index contributed by atoms with van der Waals surface area (Å²) in [6.07, 6.45) is 3.73. The Hall–Kier alpha value is -0.450. The molecule has 1 rings (SSSR count). The SMILES string of the molecule is CSCC(C)N(C)c1ncc(CO)cc1Cl. The van der Waals surface area contributed by atoms with Crippen LogP contribution in [0.25, 0.3) is 0 Å². The summed E-state index contributed by atoms with van der Waals surface area (Å²) in [5.74, 6) is 1.79. The Morgan fingerprint density at radius 3 is 2.81 bits per heavy atom. The minimum absolute atomic E-state index is 0.0307. The number of aliphatic hydroxyl groups is 1. The van der Waals surface area contributed by atoms with Crippen molar-refractivity contribution in [2.45, 2.75) is 19.6 Å². The Morgan fingerprint density at radius 1 is 1.62 bits per heavy atom. The van der Waals surface area contributed by atoms with Crippen LogP contribution >= 0.6 is 23.4 Å². The predicted molar refractivity (Wildman–Crippen MR) is 71.4 cm³/mol. The molecule has 3 nitrogen and oxygen atoms in total. The molecule has 1 N–H and O–H groups in total. The van der Waals surface area contributed by atoms with Crippen LogP contribution in [0.2, 0.25) is 5.02 Å². The molecule has 1 heterocycles. The Balaban J connectivity index is 2.87. The first-order valence-corrected chi connectivity index (χ1v) is 6.84. The Bertz CT molecular complexity index is 349. The van der Waals surface area contributed by atoms with Crippen molar-refractivity contribution in [3.05, 3.63) is 22.8 Å². The largest absolute Gasteiger partial charge is 0.392 e. The monoisotopic (exact) mass is 260 g/mol. The van der Waals surface area contributed by atoms with Crippen LogP contribution in [-0.2, 0) is 6.61 Å². The van der Waals surface area contributed by atoms with Crippen molar-refractivity contribution in [2.75, 3.05) is 24.0 Å². The molecule has 0 radical (unpaired) electrons. The number of hydrogen-bond donors (Lipinski definition) is 1. The van der Waals surface area contributed by atoms with Gasteiger partial charge in [0.25, 0.3) is 0 Å². The highest BCUT2D eigenvalue weighted by Gasteiger charge is 2.14. The molecule has 0 aliphatic carbocycles. The number of thioether (sulfide) groups is 1. The second-order valence-corrected chi connectivity index (χ2v) is 5.04. The summed E-state index contributed by atoms with van der Waals surface area (Å²) in [5, 5.41) is 9.55. The molecule has 1 atom stereocenters. The van der Waals surface area contributed by atoms with Gasteiger partial charge in [0, 0.05) is 25.0 Å². The lowest BCUT2D eigenvalue weighted by molar-refractivity contribution is 0.281. The fourth-order valence-corrected chi connectivity index (χ4v) is 2.41. The summed E-state index contributed by atoms with van der Waals surface area (Å²) in [7, 11) is 1.98. The van der Waals surface area contributed by atoms with Gasteiger partial charge in [-0.2, -0.15) is 11.8 Å². The van der Waals surface area contributed by atoms with Crippen LogP contribution in [-0.4, -0.2) is 35.2 Å². The summed E-state index contributed by atoms with van der Waals surface area (Å²) >= 11 is 7.92. The van der Waals surface area contributed by atoms with Gasteiger partial charge in [0.2, 0.25) is 0 Å². The zero-order chi connectivity index (χ0) is 12.1. The molecule has 1 aromatic heterocycles. The normalized spacial score (nSPS) is 12.6. The molecule has 1 unspecified atom stereocenters. The van der Waals surface area contributed by atoms with Gasteiger partial charge in [0.1, 0.15) is 5.82 Å². The van der Waals surface area contributed by atoms with Crippen molar-refractivity contribution in [1.29, 1.82) is 0 Å². The van der Waals surface area contributed by atoms with Crippen molar-refractivity contribution in [1.82, 2.24) is 4.98 Å². The van der Waals surface area contributed by atoms with E-state index in [4.69, 9.17) is 16.7 Å². The van der Waals surface area contributed by atoms with E-state index in [-0.39, 0.29) is 6.61 Å². The van der Waals surface area contributed by atoms with Crippen molar-refractivity contribution >= 4 is 29.2 Å². The maximum atomic E-state index is 8.97. The van der Waals surface area contributed by atoms with E-state index in [1.165, 1.54) is 0 Å². The van der Waals surface area contributed by atoms with Gasteiger partial charge in [-0.15, -0.1) is 0 Å². The topological polar surface area (TPSA) is 36.4 Å². The Morgan fingerprint density at radius 2 is 2.31 bits per heavy atom. The summed E-state index contributed by atoms with van der Waals surface area (Å²) in [6.45, 7) is 2.10. The number of nitrogens with zero attached hydrogens (tertiary/aromatic N) is 2. The lowest BCUT2D eigenvalue weighted by atomic mass is 10.2. The third kappa shape index (κ3) is 3.27. The van der Waals surface area contributed by atoms with E-state index in [9.17, 15) is 0 Å². The van der Waals surface area contributed by atoms with Crippen LogP contribution in [0.15, 0.2) is 12.3 Å². The minimum atomic E-state index is -0.0307. The molecule has 0 aliphatic rings. The van der Waals surface area contributed by atoms with Gasteiger partial charge in [0.05, 0.1) is 11.6 Å². The van der Waals surface area contributed by atoms with Crippen molar-refractivity contribution in [2.24, 2.45) is 0 Å². The molecule has 0 aromatic carbocycles. The van der Waals surface area contributed by atoms with Crippen LogP contribution in [0.1, 0.15) is 12.5 Å². The number of aliphatic hydroxyl groups excluding tert-OH is 1. The molecule has 0 bridgehead atoms. The van der Waals surface area contributed by atoms with Crippen LogP contribution in [0.4, 0.5) is 5.82 Å². The maximum absolute atomic E-state index is 8.97. The van der Waals surface area contributed by atoms with E-state index < -0.39 is 0 Å². The zero-order valence-electron chi connectivity index (χ0n) is 9.77. The highest BCUT2D eigenvalue weighted by molar-refractivity contribution is 7.98. The van der Waals surface area contributed by atoms with Gasteiger partial charge < -0.3 is 10.0 Å².